The summed E-state index contributed by atoms with van der Waals surface area (Å²) in [5.41, 5.74) is 6.20. The highest BCUT2D eigenvalue weighted by Gasteiger charge is 2.07. The second kappa shape index (κ2) is 4.23. The number of halogens is 1. The van der Waals surface area contributed by atoms with Crippen molar-refractivity contribution in [3.63, 3.8) is 0 Å². The quantitative estimate of drug-likeness (QED) is 0.626. The first-order valence-corrected chi connectivity index (χ1v) is 4.40. The van der Waals surface area contributed by atoms with Crippen molar-refractivity contribution in [3.05, 3.63) is 22.3 Å². The number of nitrogens with zero attached hydrogens (tertiary/aromatic N) is 1. The van der Waals surface area contributed by atoms with Gasteiger partial charge in [0.15, 0.2) is 0 Å². The zero-order valence-corrected chi connectivity index (χ0v) is 8.67. The Labute approximate surface area is 84.2 Å². The number of hydrogen-bond donors (Lipinski definition) is 1. The Kier molecular flexibility index (Phi) is 3.25. The molecular weight excluding hydrogens is 236 g/mol. The average Bonchev–Trinajstić information content (AvgIpc) is 2.09. The van der Waals surface area contributed by atoms with Gasteiger partial charge in [0.25, 0.3) is 0 Å². The summed E-state index contributed by atoms with van der Waals surface area (Å²) < 4.78 is 5.10. The molecule has 1 aromatic heterocycles. The second-order valence-corrected chi connectivity index (χ2v) is 3.19. The third kappa shape index (κ3) is 2.69. The summed E-state index contributed by atoms with van der Waals surface area (Å²) in [6.07, 6.45) is 0.199. The zero-order chi connectivity index (χ0) is 9.84. The summed E-state index contributed by atoms with van der Waals surface area (Å²) in [6.45, 7) is 0. The van der Waals surface area contributed by atoms with Gasteiger partial charge >= 0.3 is 5.97 Å². The lowest BCUT2D eigenvalue weighted by Crippen LogP contribution is -2.06. The van der Waals surface area contributed by atoms with Crippen LogP contribution < -0.4 is 5.73 Å². The third-order valence-electron chi connectivity index (χ3n) is 1.51. The van der Waals surface area contributed by atoms with Gasteiger partial charge in [0, 0.05) is 0 Å². The van der Waals surface area contributed by atoms with Gasteiger partial charge in [-0.1, -0.05) is 6.07 Å². The molecule has 1 heterocycles. The Bertz CT molecular complexity index is 328. The highest BCUT2D eigenvalue weighted by Crippen LogP contribution is 2.16. The van der Waals surface area contributed by atoms with Crippen LogP contribution in [0.1, 0.15) is 5.56 Å². The van der Waals surface area contributed by atoms with Crippen molar-refractivity contribution in [3.8, 4) is 0 Å². The van der Waals surface area contributed by atoms with Crippen LogP contribution in [0.15, 0.2) is 16.7 Å². The lowest BCUT2D eigenvalue weighted by molar-refractivity contribution is -0.139. The number of rotatable bonds is 2. The minimum absolute atomic E-state index is 0.199. The molecule has 0 amide bonds. The highest BCUT2D eigenvalue weighted by atomic mass is 79.9. The number of ether oxygens (including phenoxy) is 1. The van der Waals surface area contributed by atoms with E-state index in [-0.39, 0.29) is 12.4 Å². The van der Waals surface area contributed by atoms with Gasteiger partial charge in [0.1, 0.15) is 10.4 Å². The van der Waals surface area contributed by atoms with Gasteiger partial charge in [0.05, 0.1) is 13.5 Å². The summed E-state index contributed by atoms with van der Waals surface area (Å²) in [5.74, 6) is 0.118. The maximum Gasteiger partial charge on any atom is 0.310 e. The molecule has 0 radical (unpaired) electrons. The molecule has 1 aromatic rings. The van der Waals surface area contributed by atoms with E-state index in [1.165, 1.54) is 7.11 Å². The second-order valence-electron chi connectivity index (χ2n) is 2.44. The molecule has 0 fully saturated rings. The van der Waals surface area contributed by atoms with Gasteiger partial charge in [0.2, 0.25) is 0 Å². The number of carbonyl (C=O) groups excluding carboxylic acids is 1. The molecule has 0 bridgehead atoms. The van der Waals surface area contributed by atoms with Gasteiger partial charge in [-0.3, -0.25) is 4.79 Å². The van der Waals surface area contributed by atoms with Crippen LogP contribution in [0.25, 0.3) is 0 Å². The summed E-state index contributed by atoms with van der Waals surface area (Å²) >= 11 is 3.21. The van der Waals surface area contributed by atoms with E-state index in [4.69, 9.17) is 5.73 Å². The number of esters is 1. The Balaban J connectivity index is 2.83. The van der Waals surface area contributed by atoms with E-state index in [1.54, 1.807) is 12.1 Å². The monoisotopic (exact) mass is 244 g/mol. The summed E-state index contributed by atoms with van der Waals surface area (Å²) in [7, 11) is 1.35. The molecule has 0 aliphatic heterocycles. The number of methoxy groups -OCH3 is 1. The van der Waals surface area contributed by atoms with Crippen LogP contribution in [-0.4, -0.2) is 18.1 Å². The van der Waals surface area contributed by atoms with Gasteiger partial charge < -0.3 is 10.5 Å². The van der Waals surface area contributed by atoms with Crippen LogP contribution in [0.3, 0.4) is 0 Å². The molecule has 70 valence electrons. The maximum absolute atomic E-state index is 10.9. The first-order valence-electron chi connectivity index (χ1n) is 3.61. The lowest BCUT2D eigenvalue weighted by atomic mass is 10.2. The Morgan fingerprint density at radius 1 is 1.69 bits per heavy atom. The van der Waals surface area contributed by atoms with E-state index in [0.717, 1.165) is 5.56 Å². The molecule has 0 atom stereocenters. The van der Waals surface area contributed by atoms with E-state index >= 15 is 0 Å². The van der Waals surface area contributed by atoms with Crippen LogP contribution in [0.2, 0.25) is 0 Å². The molecule has 13 heavy (non-hydrogen) atoms. The molecule has 4 nitrogen and oxygen atoms in total. The molecule has 0 saturated heterocycles. The zero-order valence-electron chi connectivity index (χ0n) is 7.08. The number of anilines is 1. The van der Waals surface area contributed by atoms with Crippen LogP contribution >= 0.6 is 15.9 Å². The first kappa shape index (κ1) is 9.98. The molecule has 0 aliphatic rings. The summed E-state index contributed by atoms with van der Waals surface area (Å²) in [6, 6.07) is 3.38. The van der Waals surface area contributed by atoms with Crippen molar-refractivity contribution >= 4 is 27.7 Å². The highest BCUT2D eigenvalue weighted by molar-refractivity contribution is 9.10. The maximum atomic E-state index is 10.9. The number of pyridine rings is 1. The van der Waals surface area contributed by atoms with E-state index in [2.05, 4.69) is 25.7 Å². The molecule has 0 aromatic carbocycles. The van der Waals surface area contributed by atoms with Gasteiger partial charge in [-0.15, -0.1) is 0 Å². The van der Waals surface area contributed by atoms with Gasteiger partial charge in [-0.2, -0.15) is 0 Å². The Morgan fingerprint density at radius 2 is 2.38 bits per heavy atom. The van der Waals surface area contributed by atoms with Crippen LogP contribution in [0.5, 0.6) is 0 Å². The Hall–Kier alpha value is -1.10. The standard InChI is InChI=1S/C8H9BrN2O2/c1-13-7(12)4-5-2-3-6(10)11-8(5)9/h2-3H,4H2,1H3,(H2,10,11). The van der Waals surface area contributed by atoms with E-state index < -0.39 is 0 Å². The van der Waals surface area contributed by atoms with Crippen molar-refractivity contribution in [2.45, 2.75) is 6.42 Å². The van der Waals surface area contributed by atoms with Crippen LogP contribution in [-0.2, 0) is 16.0 Å². The van der Waals surface area contributed by atoms with Gasteiger partial charge in [-0.25, -0.2) is 4.98 Å². The number of nitrogens with two attached hydrogens (primary N) is 1. The van der Waals surface area contributed by atoms with Crippen LogP contribution in [0.4, 0.5) is 5.82 Å². The number of aromatic nitrogens is 1. The fraction of sp³-hybridized carbons (Fsp3) is 0.250. The van der Waals surface area contributed by atoms with Crippen molar-refractivity contribution < 1.29 is 9.53 Å². The smallest absolute Gasteiger partial charge is 0.310 e. The first-order chi connectivity index (χ1) is 6.13. The number of nitrogen functional groups attached to an aromatic ring is 1. The molecule has 2 N–H and O–H groups in total. The normalized spacial score (nSPS) is 9.69. The fourth-order valence-electron chi connectivity index (χ4n) is 0.837. The SMILES string of the molecule is COC(=O)Cc1ccc(N)nc1Br. The predicted octanol–water partition coefficient (Wildman–Crippen LogP) is 1.14. The lowest BCUT2D eigenvalue weighted by Gasteiger charge is -2.02. The van der Waals surface area contributed by atoms with Gasteiger partial charge in [-0.05, 0) is 27.6 Å². The molecule has 5 heteroatoms. The number of carbonyl (C=O) groups is 1. The summed E-state index contributed by atoms with van der Waals surface area (Å²) in [4.78, 5) is 14.9. The molecule has 0 saturated carbocycles. The van der Waals surface area contributed by atoms with Crippen molar-refractivity contribution in [1.82, 2.24) is 4.98 Å². The fourth-order valence-corrected chi connectivity index (χ4v) is 1.31. The van der Waals surface area contributed by atoms with E-state index in [0.29, 0.717) is 10.4 Å². The molecule has 1 rings (SSSR count). The third-order valence-corrected chi connectivity index (χ3v) is 2.20. The topological polar surface area (TPSA) is 65.2 Å². The van der Waals surface area contributed by atoms with Crippen molar-refractivity contribution in [2.24, 2.45) is 0 Å². The Morgan fingerprint density at radius 3 is 2.92 bits per heavy atom. The largest absolute Gasteiger partial charge is 0.469 e. The molecular formula is C8H9BrN2O2. The van der Waals surface area contributed by atoms with E-state index in [9.17, 15) is 4.79 Å². The molecule has 0 spiro atoms. The van der Waals surface area contributed by atoms with Crippen LogP contribution in [0, 0.1) is 0 Å². The molecule has 0 aliphatic carbocycles. The van der Waals surface area contributed by atoms with E-state index in [1.807, 2.05) is 0 Å². The summed E-state index contributed by atoms with van der Waals surface area (Å²) in [5, 5.41) is 0. The van der Waals surface area contributed by atoms with Crippen molar-refractivity contribution in [1.29, 1.82) is 0 Å². The average molecular weight is 245 g/mol. The minimum Gasteiger partial charge on any atom is -0.469 e. The molecule has 0 unspecified atom stereocenters. The number of hydrogen-bond acceptors (Lipinski definition) is 4. The van der Waals surface area contributed by atoms with Crippen molar-refractivity contribution in [2.75, 3.05) is 12.8 Å². The predicted molar refractivity (Wildman–Crippen MR) is 52.1 cm³/mol. The minimum atomic E-state index is -0.299.